The molecule has 0 bridgehead atoms. The van der Waals surface area contributed by atoms with Crippen LogP contribution in [0.3, 0.4) is 0 Å². The Morgan fingerprint density at radius 2 is 2.00 bits per heavy atom. The Morgan fingerprint density at radius 1 is 1.31 bits per heavy atom. The summed E-state index contributed by atoms with van der Waals surface area (Å²) < 4.78 is 26.7. The van der Waals surface area contributed by atoms with Gasteiger partial charge in [-0.1, -0.05) is 0 Å². The van der Waals surface area contributed by atoms with Crippen molar-refractivity contribution in [1.82, 2.24) is 10.0 Å². The number of rotatable bonds is 6. The highest BCUT2D eigenvalue weighted by Crippen LogP contribution is 2.24. The van der Waals surface area contributed by atoms with Crippen LogP contribution in [0.4, 0.5) is 0 Å². The van der Waals surface area contributed by atoms with Crippen LogP contribution < -0.4 is 10.0 Å². The fourth-order valence-corrected chi connectivity index (χ4v) is 3.85. The summed E-state index contributed by atoms with van der Waals surface area (Å²) >= 11 is 1.32. The first-order valence-electron chi connectivity index (χ1n) is 5.18. The third kappa shape index (κ3) is 3.55. The van der Waals surface area contributed by atoms with E-state index < -0.39 is 10.0 Å². The lowest BCUT2D eigenvalue weighted by Gasteiger charge is -2.03. The molecule has 0 fully saturated rings. The normalized spacial score (nSPS) is 11.9. The Labute approximate surface area is 101 Å². The zero-order valence-corrected chi connectivity index (χ0v) is 11.5. The first kappa shape index (κ1) is 13.6. The van der Waals surface area contributed by atoms with E-state index in [9.17, 15) is 8.42 Å². The van der Waals surface area contributed by atoms with Crippen LogP contribution in [0.5, 0.6) is 0 Å². The maximum Gasteiger partial charge on any atom is 0.250 e. The van der Waals surface area contributed by atoms with E-state index in [0.717, 1.165) is 23.4 Å². The van der Waals surface area contributed by atoms with Gasteiger partial charge in [-0.25, -0.2) is 13.1 Å². The van der Waals surface area contributed by atoms with Crippen molar-refractivity contribution in [2.24, 2.45) is 0 Å². The molecule has 0 radical (unpaired) electrons. The number of hydrogen-bond donors (Lipinski definition) is 2. The molecule has 0 aliphatic heterocycles. The SMILES string of the molecule is CNCCCNS(=O)(=O)c1cc(C)c(C)s1. The topological polar surface area (TPSA) is 58.2 Å². The molecule has 16 heavy (non-hydrogen) atoms. The molecular weight excluding hydrogens is 244 g/mol. The third-order valence-electron chi connectivity index (χ3n) is 2.30. The van der Waals surface area contributed by atoms with Crippen molar-refractivity contribution in [2.75, 3.05) is 20.1 Å². The zero-order valence-electron chi connectivity index (χ0n) is 9.83. The summed E-state index contributed by atoms with van der Waals surface area (Å²) in [6.07, 6.45) is 0.791. The van der Waals surface area contributed by atoms with Gasteiger partial charge in [0.25, 0.3) is 0 Å². The van der Waals surface area contributed by atoms with Crippen molar-refractivity contribution < 1.29 is 8.42 Å². The molecule has 1 aromatic rings. The Balaban J connectivity index is 2.64. The molecule has 0 saturated heterocycles. The van der Waals surface area contributed by atoms with E-state index in [2.05, 4.69) is 10.0 Å². The van der Waals surface area contributed by atoms with E-state index in [1.165, 1.54) is 11.3 Å². The average Bonchev–Trinajstić information content (AvgIpc) is 2.55. The molecule has 0 saturated carbocycles. The lowest BCUT2D eigenvalue weighted by molar-refractivity contribution is 0.579. The minimum Gasteiger partial charge on any atom is -0.320 e. The molecule has 1 aromatic heterocycles. The fraction of sp³-hybridized carbons (Fsp3) is 0.600. The largest absolute Gasteiger partial charge is 0.320 e. The number of thiophene rings is 1. The molecule has 0 spiro atoms. The van der Waals surface area contributed by atoms with Gasteiger partial charge in [0.05, 0.1) is 0 Å². The van der Waals surface area contributed by atoms with Crippen molar-refractivity contribution in [3.8, 4) is 0 Å². The smallest absolute Gasteiger partial charge is 0.250 e. The second-order valence-corrected chi connectivity index (χ2v) is 6.91. The van der Waals surface area contributed by atoms with Gasteiger partial charge >= 0.3 is 0 Å². The van der Waals surface area contributed by atoms with E-state index in [-0.39, 0.29) is 0 Å². The summed E-state index contributed by atoms with van der Waals surface area (Å²) in [6.45, 7) is 5.13. The second-order valence-electron chi connectivity index (χ2n) is 3.66. The molecule has 92 valence electrons. The summed E-state index contributed by atoms with van der Waals surface area (Å²) in [7, 11) is -1.45. The van der Waals surface area contributed by atoms with Gasteiger partial charge in [0, 0.05) is 11.4 Å². The van der Waals surface area contributed by atoms with E-state index in [0.29, 0.717) is 10.8 Å². The molecule has 0 aliphatic carbocycles. The van der Waals surface area contributed by atoms with Crippen molar-refractivity contribution in [3.63, 3.8) is 0 Å². The molecule has 0 unspecified atom stereocenters. The van der Waals surface area contributed by atoms with Crippen LogP contribution in [0.15, 0.2) is 10.3 Å². The fourth-order valence-electron chi connectivity index (χ4n) is 1.21. The van der Waals surface area contributed by atoms with Crippen LogP contribution in [0.1, 0.15) is 16.9 Å². The van der Waals surface area contributed by atoms with Gasteiger partial charge in [0.1, 0.15) is 4.21 Å². The molecule has 4 nitrogen and oxygen atoms in total. The quantitative estimate of drug-likeness (QED) is 0.759. The van der Waals surface area contributed by atoms with Gasteiger partial charge < -0.3 is 5.32 Å². The molecular formula is C10H18N2O2S2. The third-order valence-corrected chi connectivity index (χ3v) is 5.39. The van der Waals surface area contributed by atoms with Crippen molar-refractivity contribution in [1.29, 1.82) is 0 Å². The average molecular weight is 262 g/mol. The Morgan fingerprint density at radius 3 is 2.50 bits per heavy atom. The minimum absolute atomic E-state index is 0.409. The van der Waals surface area contributed by atoms with Crippen molar-refractivity contribution in [2.45, 2.75) is 24.5 Å². The molecule has 0 aliphatic rings. The van der Waals surface area contributed by atoms with Gasteiger partial charge in [0.15, 0.2) is 0 Å². The Kier molecular flexibility index (Phi) is 4.91. The van der Waals surface area contributed by atoms with Gasteiger partial charge in [-0.05, 0) is 45.5 Å². The monoisotopic (exact) mass is 262 g/mol. The van der Waals surface area contributed by atoms with Gasteiger partial charge in [0.2, 0.25) is 10.0 Å². The van der Waals surface area contributed by atoms with Crippen LogP contribution in [-0.2, 0) is 10.0 Å². The number of hydrogen-bond acceptors (Lipinski definition) is 4. The van der Waals surface area contributed by atoms with E-state index in [4.69, 9.17) is 0 Å². The Hall–Kier alpha value is -0.430. The highest BCUT2D eigenvalue weighted by atomic mass is 32.2. The number of aryl methyl sites for hydroxylation is 2. The summed E-state index contributed by atoms with van der Waals surface area (Å²) in [5.74, 6) is 0. The van der Waals surface area contributed by atoms with Crippen molar-refractivity contribution >= 4 is 21.4 Å². The summed E-state index contributed by atoms with van der Waals surface area (Å²) in [5, 5.41) is 2.97. The van der Waals surface area contributed by atoms with Gasteiger partial charge in [-0.3, -0.25) is 0 Å². The maximum absolute atomic E-state index is 11.8. The summed E-state index contributed by atoms with van der Waals surface area (Å²) in [5.41, 5.74) is 1.03. The minimum atomic E-state index is -3.30. The van der Waals surface area contributed by atoms with Gasteiger partial charge in [-0.2, -0.15) is 0 Å². The highest BCUT2D eigenvalue weighted by molar-refractivity contribution is 7.91. The molecule has 1 heterocycles. The number of sulfonamides is 1. The van der Waals surface area contributed by atoms with Crippen molar-refractivity contribution in [3.05, 3.63) is 16.5 Å². The second kappa shape index (κ2) is 5.77. The predicted molar refractivity (Wildman–Crippen MR) is 67.5 cm³/mol. The predicted octanol–water partition coefficient (Wildman–Crippen LogP) is 1.25. The molecule has 6 heteroatoms. The summed E-state index contributed by atoms with van der Waals surface area (Å²) in [6, 6.07) is 1.72. The van der Waals surface area contributed by atoms with Crippen LogP contribution >= 0.6 is 11.3 Å². The Bertz CT molecular complexity index is 418. The van der Waals surface area contributed by atoms with Crippen LogP contribution in [0.2, 0.25) is 0 Å². The van der Waals surface area contributed by atoms with Gasteiger partial charge in [-0.15, -0.1) is 11.3 Å². The van der Waals surface area contributed by atoms with E-state index in [1.807, 2.05) is 20.9 Å². The van der Waals surface area contributed by atoms with Crippen LogP contribution in [0.25, 0.3) is 0 Å². The first-order valence-corrected chi connectivity index (χ1v) is 7.48. The maximum atomic E-state index is 11.8. The highest BCUT2D eigenvalue weighted by Gasteiger charge is 2.16. The van der Waals surface area contributed by atoms with E-state index >= 15 is 0 Å². The van der Waals surface area contributed by atoms with Crippen LogP contribution in [0, 0.1) is 13.8 Å². The molecule has 1 rings (SSSR count). The molecule has 0 aromatic carbocycles. The zero-order chi connectivity index (χ0) is 12.2. The molecule has 2 N–H and O–H groups in total. The van der Waals surface area contributed by atoms with Crippen LogP contribution in [-0.4, -0.2) is 28.6 Å². The lowest BCUT2D eigenvalue weighted by Crippen LogP contribution is -2.26. The summed E-state index contributed by atoms with van der Waals surface area (Å²) in [4.78, 5) is 1.05. The lowest BCUT2D eigenvalue weighted by atomic mass is 10.3. The molecule has 0 atom stereocenters. The number of nitrogens with one attached hydrogen (secondary N) is 2. The van der Waals surface area contributed by atoms with E-state index in [1.54, 1.807) is 6.07 Å². The molecule has 0 amide bonds. The first-order chi connectivity index (χ1) is 7.47. The standard InChI is InChI=1S/C10H18N2O2S2/c1-8-7-10(15-9(8)2)16(13,14)12-6-4-5-11-3/h7,11-12H,4-6H2,1-3H3.